The Labute approximate surface area is 267 Å². The van der Waals surface area contributed by atoms with Crippen molar-refractivity contribution >= 4 is 30.9 Å². The first-order valence-electron chi connectivity index (χ1n) is 14.5. The molecule has 0 saturated carbocycles. The lowest BCUT2D eigenvalue weighted by Gasteiger charge is -2.17. The molecule has 0 amide bonds. The summed E-state index contributed by atoms with van der Waals surface area (Å²) in [5.41, 5.74) is 2.96. The first-order valence-corrected chi connectivity index (χ1v) is 17.9. The van der Waals surface area contributed by atoms with Crippen LogP contribution < -0.4 is 14.2 Å². The van der Waals surface area contributed by atoms with E-state index >= 15 is 0 Å². The van der Waals surface area contributed by atoms with Gasteiger partial charge in [0.2, 0.25) is 9.84 Å². The molecule has 0 atom stereocenters. The maximum absolute atomic E-state index is 13.7. The number of aryl methyl sites for hydroxylation is 1. The van der Waals surface area contributed by atoms with Crippen LogP contribution in [-0.4, -0.2) is 78.1 Å². The number of benzene rings is 3. The fraction of sp³-hybridized carbons (Fsp3) is 0.394. The molecule has 0 aliphatic heterocycles. The Bertz CT molecular complexity index is 1770. The number of ether oxygens (including phenoxy) is 3. The highest BCUT2D eigenvalue weighted by molar-refractivity contribution is 7.91. The number of aromatic nitrogens is 1. The lowest BCUT2D eigenvalue weighted by atomic mass is 10.0. The summed E-state index contributed by atoms with van der Waals surface area (Å²) in [5.74, 6) is 2.20. The number of sulfone groups is 1. The normalized spacial score (nSPS) is 11.9. The number of hydrogen-bond donors (Lipinski definition) is 1. The van der Waals surface area contributed by atoms with Crippen LogP contribution in [0, 0.1) is 0 Å². The second-order valence-electron chi connectivity index (χ2n) is 11.1. The third-order valence-electron chi connectivity index (χ3n) is 7.24. The van der Waals surface area contributed by atoms with Crippen LogP contribution in [0.2, 0.25) is 0 Å². The molecular formula is C33H44N2O8S2. The zero-order valence-corrected chi connectivity index (χ0v) is 28.6. The summed E-state index contributed by atoms with van der Waals surface area (Å²) < 4.78 is 71.8. The summed E-state index contributed by atoms with van der Waals surface area (Å²) in [4.78, 5) is 2.54. The number of para-hydroxylation sites is 1. The second-order valence-corrected chi connectivity index (χ2v) is 14.4. The summed E-state index contributed by atoms with van der Waals surface area (Å²) in [6, 6.07) is 20.6. The van der Waals surface area contributed by atoms with Gasteiger partial charge in [-0.15, -0.1) is 0 Å². The molecule has 10 nitrogen and oxygen atoms in total. The monoisotopic (exact) mass is 660 g/mol. The van der Waals surface area contributed by atoms with Gasteiger partial charge in [0.15, 0.2) is 11.5 Å². The van der Waals surface area contributed by atoms with Gasteiger partial charge in [0.05, 0.1) is 32.0 Å². The lowest BCUT2D eigenvalue weighted by Crippen LogP contribution is -2.23. The first-order chi connectivity index (χ1) is 21.2. The zero-order chi connectivity index (χ0) is 33.4. The highest BCUT2D eigenvalue weighted by Crippen LogP contribution is 2.37. The third kappa shape index (κ3) is 9.70. The maximum atomic E-state index is 13.7. The summed E-state index contributed by atoms with van der Waals surface area (Å²) in [7, 11) is -0.176. The largest absolute Gasteiger partial charge is 0.494 e. The SMILES string of the molecule is COc1ccc(CCN(C)CCCOc2ccc(S(=O)(=O)c3c(C(C)C)c4ccccc4n3C)cc2)cc1OC.CS(=O)(=O)O. The average molecular weight is 661 g/mol. The van der Waals surface area contributed by atoms with Gasteiger partial charge in [0, 0.05) is 31.0 Å². The number of methoxy groups -OCH3 is 2. The Morgan fingerprint density at radius 1 is 0.889 bits per heavy atom. The molecule has 246 valence electrons. The van der Waals surface area contributed by atoms with E-state index in [0.29, 0.717) is 23.6 Å². The van der Waals surface area contributed by atoms with Crippen LogP contribution in [-0.2, 0) is 33.4 Å². The number of rotatable bonds is 13. The van der Waals surface area contributed by atoms with Gasteiger partial charge in [-0.1, -0.05) is 38.1 Å². The van der Waals surface area contributed by atoms with Gasteiger partial charge < -0.3 is 23.7 Å². The summed E-state index contributed by atoms with van der Waals surface area (Å²) >= 11 is 0. The van der Waals surface area contributed by atoms with Crippen molar-refractivity contribution in [1.82, 2.24) is 9.47 Å². The van der Waals surface area contributed by atoms with E-state index in [2.05, 4.69) is 18.0 Å². The van der Waals surface area contributed by atoms with Crippen LogP contribution in [0.4, 0.5) is 0 Å². The molecule has 3 aromatic carbocycles. The molecule has 4 rings (SSSR count). The molecule has 12 heteroatoms. The number of likely N-dealkylation sites (N-methyl/N-ethyl adjacent to an activating group) is 1. The Morgan fingerprint density at radius 3 is 2.11 bits per heavy atom. The number of hydrogen-bond acceptors (Lipinski definition) is 8. The second kappa shape index (κ2) is 15.6. The van der Waals surface area contributed by atoms with Gasteiger partial charge in [-0.2, -0.15) is 8.42 Å². The molecular weight excluding hydrogens is 617 g/mol. The van der Waals surface area contributed by atoms with Gasteiger partial charge in [0.1, 0.15) is 10.8 Å². The van der Waals surface area contributed by atoms with Crippen molar-refractivity contribution < 1.29 is 35.6 Å². The Balaban J connectivity index is 0.00000102. The lowest BCUT2D eigenvalue weighted by molar-refractivity contribution is 0.264. The zero-order valence-electron chi connectivity index (χ0n) is 27.0. The van der Waals surface area contributed by atoms with Gasteiger partial charge in [0.25, 0.3) is 10.1 Å². The van der Waals surface area contributed by atoms with Crippen LogP contribution in [0.15, 0.2) is 76.7 Å². The van der Waals surface area contributed by atoms with Gasteiger partial charge in [-0.05, 0) is 79.4 Å². The molecule has 1 heterocycles. The maximum Gasteiger partial charge on any atom is 0.261 e. The predicted octanol–water partition coefficient (Wildman–Crippen LogP) is 5.60. The van der Waals surface area contributed by atoms with Gasteiger partial charge >= 0.3 is 0 Å². The van der Waals surface area contributed by atoms with Gasteiger partial charge in [-0.3, -0.25) is 4.55 Å². The standard InChI is InChI=1S/C32H40N2O5S.CH4O3S/c1-23(2)31-27-10-7-8-11-28(27)34(4)32(31)40(35,36)26-15-13-25(14-16-26)39-21-9-19-33(3)20-18-24-12-17-29(37-5)30(22-24)38-6;1-5(2,3)4/h7-8,10-17,22-23H,9,18-21H2,1-6H3;1H3,(H,2,3,4). The van der Waals surface area contributed by atoms with Gasteiger partial charge in [-0.25, -0.2) is 8.42 Å². The molecule has 1 N–H and O–H groups in total. The Kier molecular flexibility index (Phi) is 12.5. The van der Waals surface area contributed by atoms with Crippen molar-refractivity contribution in [2.75, 3.05) is 47.2 Å². The van der Waals surface area contributed by atoms with Crippen LogP contribution in [0.5, 0.6) is 17.2 Å². The summed E-state index contributed by atoms with van der Waals surface area (Å²) in [6.45, 7) is 6.41. The molecule has 0 spiro atoms. The quantitative estimate of drug-likeness (QED) is 0.144. The van der Waals surface area contributed by atoms with E-state index in [1.54, 1.807) is 43.1 Å². The molecule has 4 aromatic rings. The number of nitrogens with zero attached hydrogens (tertiary/aromatic N) is 2. The molecule has 0 bridgehead atoms. The number of fused-ring (bicyclic) bond motifs is 1. The van der Waals surface area contributed by atoms with E-state index in [-0.39, 0.29) is 10.8 Å². The molecule has 1 aromatic heterocycles. The average Bonchev–Trinajstić information content (AvgIpc) is 3.30. The van der Waals surface area contributed by atoms with E-state index < -0.39 is 20.0 Å². The van der Waals surface area contributed by atoms with Crippen LogP contribution in [0.1, 0.15) is 37.3 Å². The van der Waals surface area contributed by atoms with E-state index in [9.17, 15) is 16.8 Å². The van der Waals surface area contributed by atoms with E-state index in [0.717, 1.165) is 53.9 Å². The smallest absolute Gasteiger partial charge is 0.261 e. The fourth-order valence-electron chi connectivity index (χ4n) is 5.10. The molecule has 0 unspecified atom stereocenters. The molecule has 0 aliphatic rings. The van der Waals surface area contributed by atoms with Crippen molar-refractivity contribution in [1.29, 1.82) is 0 Å². The molecule has 0 fully saturated rings. The van der Waals surface area contributed by atoms with Crippen molar-refractivity contribution in [3.63, 3.8) is 0 Å². The molecule has 0 aliphatic carbocycles. The molecule has 0 saturated heterocycles. The Hall–Kier alpha value is -3.58. The summed E-state index contributed by atoms with van der Waals surface area (Å²) in [5, 5.41) is 1.33. The van der Waals surface area contributed by atoms with Crippen molar-refractivity contribution in [3.05, 3.63) is 77.9 Å². The fourth-order valence-corrected chi connectivity index (χ4v) is 6.91. The third-order valence-corrected chi connectivity index (χ3v) is 9.14. The van der Waals surface area contributed by atoms with Crippen LogP contribution in [0.3, 0.4) is 0 Å². The minimum atomic E-state index is -3.71. The minimum Gasteiger partial charge on any atom is -0.494 e. The van der Waals surface area contributed by atoms with E-state index in [4.69, 9.17) is 18.8 Å². The van der Waals surface area contributed by atoms with Crippen LogP contribution >= 0.6 is 0 Å². The van der Waals surface area contributed by atoms with Crippen LogP contribution in [0.25, 0.3) is 10.9 Å². The predicted molar refractivity (Wildman–Crippen MR) is 177 cm³/mol. The van der Waals surface area contributed by atoms with Crippen molar-refractivity contribution in [3.8, 4) is 17.2 Å². The molecule has 45 heavy (non-hydrogen) atoms. The topological polar surface area (TPSA) is 124 Å². The van der Waals surface area contributed by atoms with Crippen molar-refractivity contribution in [2.45, 2.75) is 42.5 Å². The van der Waals surface area contributed by atoms with E-state index in [1.165, 1.54) is 5.56 Å². The van der Waals surface area contributed by atoms with E-state index in [1.807, 2.05) is 57.3 Å². The Morgan fingerprint density at radius 2 is 1.51 bits per heavy atom. The van der Waals surface area contributed by atoms with Crippen molar-refractivity contribution in [2.24, 2.45) is 7.05 Å². The minimum absolute atomic E-state index is 0.0654. The first kappa shape index (κ1) is 35.9. The highest BCUT2D eigenvalue weighted by atomic mass is 32.2. The summed E-state index contributed by atoms with van der Waals surface area (Å²) in [6.07, 6.45) is 2.48. The highest BCUT2D eigenvalue weighted by Gasteiger charge is 2.29. The molecule has 0 radical (unpaired) electrons.